The van der Waals surface area contributed by atoms with E-state index >= 15 is 0 Å². The van der Waals surface area contributed by atoms with Crippen molar-refractivity contribution in [1.29, 1.82) is 0 Å². The summed E-state index contributed by atoms with van der Waals surface area (Å²) in [7, 11) is 0. The van der Waals surface area contributed by atoms with E-state index in [1.807, 2.05) is 18.7 Å². The lowest BCUT2D eigenvalue weighted by Gasteiger charge is -2.29. The largest absolute Gasteiger partial charge is 0.369 e. The van der Waals surface area contributed by atoms with Crippen LogP contribution in [0.3, 0.4) is 0 Å². The first kappa shape index (κ1) is 14.0. The van der Waals surface area contributed by atoms with Gasteiger partial charge >= 0.3 is 0 Å². The van der Waals surface area contributed by atoms with Crippen LogP contribution < -0.4 is 0 Å². The number of rotatable bonds is 4. The van der Waals surface area contributed by atoms with E-state index in [-0.39, 0.29) is 18.6 Å². The van der Waals surface area contributed by atoms with Crippen LogP contribution in [0.4, 0.5) is 0 Å². The number of carbonyl (C=O) groups excluding carboxylic acids is 1. The maximum atomic E-state index is 12.0. The maximum Gasteiger partial charge on any atom is 0.248 e. The van der Waals surface area contributed by atoms with Crippen molar-refractivity contribution in [2.75, 3.05) is 18.5 Å². The zero-order valence-electron chi connectivity index (χ0n) is 10.2. The molecule has 0 spiro atoms. The van der Waals surface area contributed by atoms with Crippen molar-refractivity contribution in [2.45, 2.75) is 51.7 Å². The molecule has 0 aromatic rings. The van der Waals surface area contributed by atoms with Crippen molar-refractivity contribution < 1.29 is 9.53 Å². The minimum absolute atomic E-state index is 0.123. The molecule has 1 fully saturated rings. The van der Waals surface area contributed by atoms with E-state index < -0.39 is 0 Å². The van der Waals surface area contributed by atoms with Crippen LogP contribution >= 0.6 is 15.9 Å². The molecule has 1 aliphatic rings. The Morgan fingerprint density at radius 1 is 1.44 bits per heavy atom. The van der Waals surface area contributed by atoms with Gasteiger partial charge in [-0.3, -0.25) is 4.79 Å². The van der Waals surface area contributed by atoms with Gasteiger partial charge in [0.1, 0.15) is 6.61 Å². The number of nitrogens with zero attached hydrogens (tertiary/aromatic N) is 1. The van der Waals surface area contributed by atoms with E-state index in [0.717, 1.165) is 24.7 Å². The third-order valence-corrected chi connectivity index (χ3v) is 3.66. The van der Waals surface area contributed by atoms with Gasteiger partial charge in [-0.25, -0.2) is 0 Å². The highest BCUT2D eigenvalue weighted by molar-refractivity contribution is 9.09. The van der Waals surface area contributed by atoms with Gasteiger partial charge < -0.3 is 9.64 Å². The molecule has 16 heavy (non-hydrogen) atoms. The quantitative estimate of drug-likeness (QED) is 0.745. The summed E-state index contributed by atoms with van der Waals surface area (Å²) in [5, 5.41) is 0.875. The van der Waals surface area contributed by atoms with E-state index in [1.165, 1.54) is 12.8 Å². The molecule has 1 atom stereocenters. The van der Waals surface area contributed by atoms with Gasteiger partial charge in [0.2, 0.25) is 5.91 Å². The standard InChI is InChI=1S/C12H22BrNO2/c1-10(2)16-9-12(15)14-7-5-3-4-6-11(14)8-13/h10-11H,3-9H2,1-2H3. The Kier molecular flexibility index (Phi) is 6.36. The molecular weight excluding hydrogens is 270 g/mol. The van der Waals surface area contributed by atoms with Crippen molar-refractivity contribution >= 4 is 21.8 Å². The van der Waals surface area contributed by atoms with Crippen molar-refractivity contribution in [1.82, 2.24) is 4.90 Å². The smallest absolute Gasteiger partial charge is 0.248 e. The normalized spacial score (nSPS) is 22.2. The molecule has 0 aromatic carbocycles. The van der Waals surface area contributed by atoms with Gasteiger partial charge in [-0.1, -0.05) is 28.8 Å². The molecule has 1 saturated heterocycles. The van der Waals surface area contributed by atoms with Crippen molar-refractivity contribution in [3.05, 3.63) is 0 Å². The molecule has 1 aliphatic heterocycles. The van der Waals surface area contributed by atoms with E-state index in [1.54, 1.807) is 0 Å². The summed E-state index contributed by atoms with van der Waals surface area (Å²) >= 11 is 3.50. The molecule has 0 saturated carbocycles. The Hall–Kier alpha value is -0.0900. The van der Waals surface area contributed by atoms with E-state index in [0.29, 0.717) is 6.04 Å². The van der Waals surface area contributed by atoms with Crippen LogP contribution in [0.15, 0.2) is 0 Å². The molecule has 0 N–H and O–H groups in total. The van der Waals surface area contributed by atoms with Crippen LogP contribution in [0.5, 0.6) is 0 Å². The first-order chi connectivity index (χ1) is 7.65. The molecule has 3 nitrogen and oxygen atoms in total. The van der Waals surface area contributed by atoms with Gasteiger partial charge in [-0.2, -0.15) is 0 Å². The Balaban J connectivity index is 2.49. The second-order valence-corrected chi connectivity index (χ2v) is 5.25. The van der Waals surface area contributed by atoms with Gasteiger partial charge in [-0.15, -0.1) is 0 Å². The van der Waals surface area contributed by atoms with Gasteiger partial charge in [0.25, 0.3) is 0 Å². The zero-order valence-corrected chi connectivity index (χ0v) is 11.8. The molecule has 1 unspecified atom stereocenters. The predicted octanol–water partition coefficient (Wildman–Crippen LogP) is 2.58. The summed E-state index contributed by atoms with van der Waals surface area (Å²) in [6, 6.07) is 0.353. The van der Waals surface area contributed by atoms with Gasteiger partial charge in [0.05, 0.1) is 6.10 Å². The zero-order chi connectivity index (χ0) is 12.0. The highest BCUT2D eigenvalue weighted by Gasteiger charge is 2.24. The van der Waals surface area contributed by atoms with Crippen LogP contribution in [-0.2, 0) is 9.53 Å². The maximum absolute atomic E-state index is 12.0. The SMILES string of the molecule is CC(C)OCC(=O)N1CCCCCC1CBr. The summed E-state index contributed by atoms with van der Waals surface area (Å²) in [4.78, 5) is 14.0. The van der Waals surface area contributed by atoms with Crippen LogP contribution in [-0.4, -0.2) is 41.4 Å². The van der Waals surface area contributed by atoms with Crippen molar-refractivity contribution in [3.63, 3.8) is 0 Å². The average Bonchev–Trinajstić information content (AvgIpc) is 2.50. The Bertz CT molecular complexity index is 221. The van der Waals surface area contributed by atoms with E-state index in [9.17, 15) is 4.79 Å². The lowest BCUT2D eigenvalue weighted by molar-refractivity contribution is -0.139. The predicted molar refractivity (Wildman–Crippen MR) is 68.9 cm³/mol. The minimum atomic E-state index is 0.123. The second-order valence-electron chi connectivity index (χ2n) is 4.60. The summed E-state index contributed by atoms with van der Waals surface area (Å²) in [5.41, 5.74) is 0. The van der Waals surface area contributed by atoms with Crippen molar-refractivity contribution in [2.24, 2.45) is 0 Å². The number of amides is 1. The fraction of sp³-hybridized carbons (Fsp3) is 0.917. The summed E-state index contributed by atoms with van der Waals surface area (Å²) in [6.45, 7) is 5.02. The third-order valence-electron chi connectivity index (χ3n) is 2.92. The summed E-state index contributed by atoms with van der Waals surface area (Å²) in [6.07, 6.45) is 4.82. The van der Waals surface area contributed by atoms with Gasteiger partial charge in [-0.05, 0) is 26.7 Å². The molecule has 1 heterocycles. The minimum Gasteiger partial charge on any atom is -0.369 e. The van der Waals surface area contributed by atoms with E-state index in [4.69, 9.17) is 4.74 Å². The molecule has 94 valence electrons. The first-order valence-corrected chi connectivity index (χ1v) is 7.24. The molecule has 1 amide bonds. The first-order valence-electron chi connectivity index (χ1n) is 6.12. The van der Waals surface area contributed by atoms with Crippen LogP contribution in [0.1, 0.15) is 39.5 Å². The third kappa shape index (κ3) is 4.42. The number of likely N-dealkylation sites (tertiary alicyclic amines) is 1. The van der Waals surface area contributed by atoms with Crippen LogP contribution in [0, 0.1) is 0 Å². The fourth-order valence-corrected chi connectivity index (χ4v) is 2.66. The molecule has 4 heteroatoms. The highest BCUT2D eigenvalue weighted by atomic mass is 79.9. The van der Waals surface area contributed by atoms with E-state index in [2.05, 4.69) is 15.9 Å². The Morgan fingerprint density at radius 3 is 2.81 bits per heavy atom. The Labute approximate surface area is 107 Å². The molecule has 0 aromatic heterocycles. The summed E-state index contributed by atoms with van der Waals surface area (Å²) in [5.74, 6) is 0.139. The number of hydrogen-bond acceptors (Lipinski definition) is 2. The lowest BCUT2D eigenvalue weighted by atomic mass is 10.1. The molecule has 0 aliphatic carbocycles. The summed E-state index contributed by atoms with van der Waals surface area (Å²) < 4.78 is 5.38. The number of alkyl halides is 1. The average molecular weight is 292 g/mol. The molecule has 1 rings (SSSR count). The fourth-order valence-electron chi connectivity index (χ4n) is 1.99. The monoisotopic (exact) mass is 291 g/mol. The lowest BCUT2D eigenvalue weighted by Crippen LogP contribution is -2.43. The Morgan fingerprint density at radius 2 is 2.19 bits per heavy atom. The molecular formula is C12H22BrNO2. The molecule has 0 bridgehead atoms. The van der Waals surface area contributed by atoms with Crippen LogP contribution in [0.2, 0.25) is 0 Å². The molecule has 0 radical (unpaired) electrons. The number of halogens is 1. The second kappa shape index (κ2) is 7.28. The topological polar surface area (TPSA) is 29.5 Å². The number of carbonyl (C=O) groups is 1. The number of hydrogen-bond donors (Lipinski definition) is 0. The van der Waals surface area contributed by atoms with Gasteiger partial charge in [0.15, 0.2) is 0 Å². The van der Waals surface area contributed by atoms with Crippen molar-refractivity contribution in [3.8, 4) is 0 Å². The number of ether oxygens (including phenoxy) is 1. The van der Waals surface area contributed by atoms with Crippen LogP contribution in [0.25, 0.3) is 0 Å². The highest BCUT2D eigenvalue weighted by Crippen LogP contribution is 2.18. The van der Waals surface area contributed by atoms with Gasteiger partial charge in [0, 0.05) is 17.9 Å².